The third-order valence-corrected chi connectivity index (χ3v) is 3.58. The summed E-state index contributed by atoms with van der Waals surface area (Å²) in [5.74, 6) is 0.564. The number of ether oxygens (including phenoxy) is 1. The molecule has 0 amide bonds. The van der Waals surface area contributed by atoms with Crippen LogP contribution in [-0.4, -0.2) is 22.8 Å². The van der Waals surface area contributed by atoms with Crippen molar-refractivity contribution in [2.45, 2.75) is 45.3 Å². The Hall–Kier alpha value is -0.830. The van der Waals surface area contributed by atoms with Gasteiger partial charge in [0, 0.05) is 6.08 Å². The minimum atomic E-state index is -0.886. The van der Waals surface area contributed by atoms with Crippen LogP contribution in [0.2, 0.25) is 0 Å². The van der Waals surface area contributed by atoms with Crippen molar-refractivity contribution in [3.8, 4) is 0 Å². The lowest BCUT2D eigenvalue weighted by molar-refractivity contribution is -0.152. The molecular weight excluding hydrogens is 192 g/mol. The van der Waals surface area contributed by atoms with E-state index in [0.29, 0.717) is 18.3 Å². The van der Waals surface area contributed by atoms with Crippen molar-refractivity contribution in [2.75, 3.05) is 0 Å². The summed E-state index contributed by atoms with van der Waals surface area (Å²) in [4.78, 5) is 11.3. The van der Waals surface area contributed by atoms with E-state index in [0.717, 1.165) is 12.0 Å². The van der Waals surface area contributed by atoms with E-state index in [1.165, 1.54) is 0 Å². The molecule has 2 rings (SSSR count). The maximum Gasteiger partial charge on any atom is 0.331 e. The fourth-order valence-electron chi connectivity index (χ4n) is 2.68. The predicted molar refractivity (Wildman–Crippen MR) is 56.1 cm³/mol. The first-order valence-electron chi connectivity index (χ1n) is 5.56. The van der Waals surface area contributed by atoms with Crippen LogP contribution in [0.15, 0.2) is 11.6 Å². The number of fused-ring (bicyclic) bond motifs is 1. The molecule has 1 aliphatic heterocycles. The summed E-state index contributed by atoms with van der Waals surface area (Å²) in [6.07, 6.45) is 2.80. The molecule has 1 aliphatic carbocycles. The Balaban J connectivity index is 2.31. The van der Waals surface area contributed by atoms with Crippen molar-refractivity contribution in [3.05, 3.63) is 11.6 Å². The first kappa shape index (κ1) is 10.7. The topological polar surface area (TPSA) is 46.5 Å². The first-order valence-corrected chi connectivity index (χ1v) is 5.56. The van der Waals surface area contributed by atoms with Crippen LogP contribution in [0, 0.1) is 11.8 Å². The van der Waals surface area contributed by atoms with Crippen molar-refractivity contribution in [3.63, 3.8) is 0 Å². The van der Waals surface area contributed by atoms with Gasteiger partial charge in [-0.3, -0.25) is 0 Å². The molecule has 3 heteroatoms. The van der Waals surface area contributed by atoms with E-state index in [4.69, 9.17) is 4.74 Å². The smallest absolute Gasteiger partial charge is 0.331 e. The van der Waals surface area contributed by atoms with Crippen molar-refractivity contribution in [1.82, 2.24) is 0 Å². The minimum Gasteiger partial charge on any atom is -0.452 e. The number of rotatable bonds is 1. The van der Waals surface area contributed by atoms with Gasteiger partial charge in [-0.2, -0.15) is 0 Å². The molecule has 0 aromatic carbocycles. The molecule has 84 valence electrons. The average molecular weight is 210 g/mol. The molecule has 0 saturated heterocycles. The van der Waals surface area contributed by atoms with Gasteiger partial charge >= 0.3 is 5.97 Å². The highest BCUT2D eigenvalue weighted by molar-refractivity contribution is 5.86. The Morgan fingerprint density at radius 1 is 1.60 bits per heavy atom. The second kappa shape index (κ2) is 3.34. The number of carbonyl (C=O) groups is 1. The van der Waals surface area contributed by atoms with Crippen LogP contribution >= 0.6 is 0 Å². The molecule has 1 saturated carbocycles. The second-order valence-electron chi connectivity index (χ2n) is 5.21. The summed E-state index contributed by atoms with van der Waals surface area (Å²) in [6.45, 7) is 6.04. The van der Waals surface area contributed by atoms with Gasteiger partial charge in [-0.1, -0.05) is 13.8 Å². The lowest BCUT2D eigenvalue weighted by atomic mass is 9.70. The van der Waals surface area contributed by atoms with E-state index in [1.54, 1.807) is 13.0 Å². The SMILES string of the molecule is CC(C)[C@@H]1CC[C@@](C)(O)[C@@H]2OC(=O)C=C12. The van der Waals surface area contributed by atoms with Gasteiger partial charge in [-0.15, -0.1) is 0 Å². The van der Waals surface area contributed by atoms with Gasteiger partial charge in [-0.05, 0) is 37.2 Å². The summed E-state index contributed by atoms with van der Waals surface area (Å²) in [5, 5.41) is 10.1. The molecule has 2 aliphatic rings. The number of hydrogen-bond donors (Lipinski definition) is 1. The molecule has 1 heterocycles. The highest BCUT2D eigenvalue weighted by atomic mass is 16.6. The number of esters is 1. The summed E-state index contributed by atoms with van der Waals surface area (Å²) in [5.41, 5.74) is 0.106. The molecule has 1 fully saturated rings. The summed E-state index contributed by atoms with van der Waals surface area (Å²) < 4.78 is 5.18. The van der Waals surface area contributed by atoms with Crippen LogP contribution in [0.3, 0.4) is 0 Å². The van der Waals surface area contributed by atoms with Crippen LogP contribution in [0.1, 0.15) is 33.6 Å². The quantitative estimate of drug-likeness (QED) is 0.669. The molecule has 0 unspecified atom stereocenters. The zero-order valence-electron chi connectivity index (χ0n) is 9.49. The highest BCUT2D eigenvalue weighted by Crippen LogP contribution is 2.43. The van der Waals surface area contributed by atoms with E-state index in [1.807, 2.05) is 0 Å². The normalized spacial score (nSPS) is 40.1. The Kier molecular flexibility index (Phi) is 2.38. The zero-order chi connectivity index (χ0) is 11.2. The summed E-state index contributed by atoms with van der Waals surface area (Å²) in [6, 6.07) is 0. The van der Waals surface area contributed by atoms with Crippen molar-refractivity contribution in [2.24, 2.45) is 11.8 Å². The molecule has 1 N–H and O–H groups in total. The molecule has 3 nitrogen and oxygen atoms in total. The number of aliphatic hydroxyl groups is 1. The van der Waals surface area contributed by atoms with Gasteiger partial charge in [0.25, 0.3) is 0 Å². The van der Waals surface area contributed by atoms with Crippen LogP contribution in [0.25, 0.3) is 0 Å². The third kappa shape index (κ3) is 1.69. The fraction of sp³-hybridized carbons (Fsp3) is 0.750. The van der Waals surface area contributed by atoms with E-state index >= 15 is 0 Å². The second-order valence-corrected chi connectivity index (χ2v) is 5.21. The first-order chi connectivity index (χ1) is 6.92. The Labute approximate surface area is 90.1 Å². The Morgan fingerprint density at radius 2 is 2.27 bits per heavy atom. The lowest BCUT2D eigenvalue weighted by Crippen LogP contribution is -2.46. The van der Waals surface area contributed by atoms with Crippen LogP contribution in [0.4, 0.5) is 0 Å². The van der Waals surface area contributed by atoms with Gasteiger partial charge in [0.05, 0.1) is 0 Å². The third-order valence-electron chi connectivity index (χ3n) is 3.58. The van der Waals surface area contributed by atoms with Crippen LogP contribution in [0.5, 0.6) is 0 Å². The van der Waals surface area contributed by atoms with Gasteiger partial charge in [-0.25, -0.2) is 4.79 Å². The Morgan fingerprint density at radius 3 is 2.87 bits per heavy atom. The molecule has 0 radical (unpaired) electrons. The average Bonchev–Trinajstić information content (AvgIpc) is 2.47. The highest BCUT2D eigenvalue weighted by Gasteiger charge is 2.48. The van der Waals surface area contributed by atoms with Gasteiger partial charge in [0.15, 0.2) is 6.10 Å². The number of hydrogen-bond acceptors (Lipinski definition) is 3. The molecule has 0 aromatic heterocycles. The van der Waals surface area contributed by atoms with Crippen molar-refractivity contribution >= 4 is 5.97 Å². The molecule has 0 aromatic rings. The standard InChI is InChI=1S/C12H18O3/c1-7(2)8-4-5-12(3,14)11-9(8)6-10(13)15-11/h6-8,11,14H,4-5H2,1-3H3/t8-,11+,12+/m0/s1. The Bertz CT molecular complexity index is 315. The summed E-state index contributed by atoms with van der Waals surface area (Å²) >= 11 is 0. The van der Waals surface area contributed by atoms with Gasteiger partial charge in [0.2, 0.25) is 0 Å². The monoisotopic (exact) mass is 210 g/mol. The zero-order valence-corrected chi connectivity index (χ0v) is 9.49. The molecular formula is C12H18O3. The van der Waals surface area contributed by atoms with Gasteiger partial charge in [0.1, 0.15) is 5.60 Å². The maximum absolute atomic E-state index is 11.3. The van der Waals surface area contributed by atoms with Crippen LogP contribution in [-0.2, 0) is 9.53 Å². The lowest BCUT2D eigenvalue weighted by Gasteiger charge is -2.40. The van der Waals surface area contributed by atoms with E-state index in [-0.39, 0.29) is 5.97 Å². The van der Waals surface area contributed by atoms with Crippen molar-refractivity contribution < 1.29 is 14.6 Å². The van der Waals surface area contributed by atoms with Gasteiger partial charge < -0.3 is 9.84 Å². The molecule has 0 spiro atoms. The fourth-order valence-corrected chi connectivity index (χ4v) is 2.68. The largest absolute Gasteiger partial charge is 0.452 e. The maximum atomic E-state index is 11.3. The van der Waals surface area contributed by atoms with E-state index in [2.05, 4.69) is 13.8 Å². The summed E-state index contributed by atoms with van der Waals surface area (Å²) in [7, 11) is 0. The van der Waals surface area contributed by atoms with Crippen LogP contribution < -0.4 is 0 Å². The van der Waals surface area contributed by atoms with E-state index < -0.39 is 11.7 Å². The predicted octanol–water partition coefficient (Wildman–Crippen LogP) is 1.66. The van der Waals surface area contributed by atoms with E-state index in [9.17, 15) is 9.90 Å². The minimum absolute atomic E-state index is 0.303. The molecule has 0 bridgehead atoms. The molecule has 15 heavy (non-hydrogen) atoms. The molecule has 3 atom stereocenters. The number of carbonyl (C=O) groups excluding carboxylic acids is 1. The van der Waals surface area contributed by atoms with Crippen molar-refractivity contribution in [1.29, 1.82) is 0 Å².